The van der Waals surface area contributed by atoms with Crippen LogP contribution in [0, 0.1) is 0 Å². The van der Waals surface area contributed by atoms with Crippen molar-refractivity contribution >= 4 is 17.8 Å². The van der Waals surface area contributed by atoms with E-state index in [1.54, 1.807) is 13.8 Å². The fourth-order valence-electron chi connectivity index (χ4n) is 1.85. The highest BCUT2D eigenvalue weighted by molar-refractivity contribution is 5.90. The fourth-order valence-corrected chi connectivity index (χ4v) is 1.85. The van der Waals surface area contributed by atoms with Crippen molar-refractivity contribution in [3.05, 3.63) is 23.8 Å². The molecule has 0 unspecified atom stereocenters. The largest absolute Gasteiger partial charge is 0.493 e. The second-order valence-corrected chi connectivity index (χ2v) is 4.83. The van der Waals surface area contributed by atoms with Gasteiger partial charge >= 0.3 is 5.97 Å². The average molecular weight is 338 g/mol. The van der Waals surface area contributed by atoms with Gasteiger partial charge in [-0.15, -0.1) is 0 Å². The molecule has 0 fully saturated rings. The van der Waals surface area contributed by atoms with Crippen molar-refractivity contribution in [2.75, 3.05) is 27.4 Å². The standard InChI is InChI=1S/C16H22N2O6/c1-5-17-15(20)10(2)18-14(19)9-24-12-7-6-11(16(21)23-4)8-13(12)22-3/h6-8,10H,5,9H2,1-4H3,(H,17,20)(H,18,19)/t10-/m1/s1. The summed E-state index contributed by atoms with van der Waals surface area (Å²) in [5.74, 6) is -0.638. The minimum absolute atomic E-state index is 0.272. The molecule has 24 heavy (non-hydrogen) atoms. The van der Waals surface area contributed by atoms with Gasteiger partial charge in [0.2, 0.25) is 5.91 Å². The van der Waals surface area contributed by atoms with Crippen LogP contribution in [-0.4, -0.2) is 51.2 Å². The van der Waals surface area contributed by atoms with E-state index in [0.29, 0.717) is 23.6 Å². The Kier molecular flexibility index (Phi) is 7.54. The molecule has 132 valence electrons. The highest BCUT2D eigenvalue weighted by Crippen LogP contribution is 2.28. The Labute approximate surface area is 140 Å². The Balaban J connectivity index is 2.65. The maximum absolute atomic E-state index is 11.8. The molecule has 0 radical (unpaired) electrons. The van der Waals surface area contributed by atoms with Crippen LogP contribution in [0.25, 0.3) is 0 Å². The number of methoxy groups -OCH3 is 2. The molecule has 0 aliphatic heterocycles. The van der Waals surface area contributed by atoms with Crippen LogP contribution in [0.3, 0.4) is 0 Å². The Morgan fingerprint density at radius 2 is 1.88 bits per heavy atom. The smallest absolute Gasteiger partial charge is 0.337 e. The SMILES string of the molecule is CCNC(=O)[C@@H](C)NC(=O)COc1ccc(C(=O)OC)cc1OC. The maximum Gasteiger partial charge on any atom is 0.337 e. The summed E-state index contributed by atoms with van der Waals surface area (Å²) in [6, 6.07) is 3.80. The molecule has 0 bridgehead atoms. The first-order valence-corrected chi connectivity index (χ1v) is 7.39. The Bertz CT molecular complexity index is 602. The normalized spacial score (nSPS) is 11.2. The highest BCUT2D eigenvalue weighted by atomic mass is 16.5. The average Bonchev–Trinajstić information content (AvgIpc) is 2.59. The van der Waals surface area contributed by atoms with Gasteiger partial charge in [0.25, 0.3) is 5.91 Å². The monoisotopic (exact) mass is 338 g/mol. The van der Waals surface area contributed by atoms with Gasteiger partial charge in [-0.3, -0.25) is 9.59 Å². The van der Waals surface area contributed by atoms with E-state index in [0.717, 1.165) is 0 Å². The Morgan fingerprint density at radius 1 is 1.17 bits per heavy atom. The molecule has 1 rings (SSSR count). The van der Waals surface area contributed by atoms with Crippen LogP contribution in [0.2, 0.25) is 0 Å². The van der Waals surface area contributed by atoms with Crippen molar-refractivity contribution in [2.24, 2.45) is 0 Å². The van der Waals surface area contributed by atoms with Crippen LogP contribution in [0.1, 0.15) is 24.2 Å². The molecule has 2 N–H and O–H groups in total. The molecular weight excluding hydrogens is 316 g/mol. The molecular formula is C16H22N2O6. The van der Waals surface area contributed by atoms with E-state index in [-0.39, 0.29) is 12.5 Å². The number of rotatable bonds is 8. The van der Waals surface area contributed by atoms with E-state index in [1.807, 2.05) is 0 Å². The number of likely N-dealkylation sites (N-methyl/N-ethyl adjacent to an activating group) is 1. The summed E-state index contributed by atoms with van der Waals surface area (Å²) in [5.41, 5.74) is 0.302. The van der Waals surface area contributed by atoms with E-state index < -0.39 is 17.9 Å². The zero-order valence-electron chi connectivity index (χ0n) is 14.2. The van der Waals surface area contributed by atoms with Crippen molar-refractivity contribution in [1.29, 1.82) is 0 Å². The fraction of sp³-hybridized carbons (Fsp3) is 0.438. The molecule has 0 spiro atoms. The second-order valence-electron chi connectivity index (χ2n) is 4.83. The van der Waals surface area contributed by atoms with E-state index in [9.17, 15) is 14.4 Å². The van der Waals surface area contributed by atoms with Crippen molar-refractivity contribution in [3.63, 3.8) is 0 Å². The number of benzene rings is 1. The van der Waals surface area contributed by atoms with Gasteiger partial charge in [0.1, 0.15) is 6.04 Å². The van der Waals surface area contributed by atoms with Gasteiger partial charge in [-0.2, -0.15) is 0 Å². The minimum atomic E-state index is -0.662. The molecule has 1 atom stereocenters. The third-order valence-electron chi connectivity index (χ3n) is 3.07. The highest BCUT2D eigenvalue weighted by Gasteiger charge is 2.16. The predicted molar refractivity (Wildman–Crippen MR) is 86.1 cm³/mol. The van der Waals surface area contributed by atoms with Crippen LogP contribution < -0.4 is 20.1 Å². The topological polar surface area (TPSA) is 103 Å². The molecule has 1 aromatic carbocycles. The summed E-state index contributed by atoms with van der Waals surface area (Å²) < 4.78 is 15.1. The molecule has 0 heterocycles. The van der Waals surface area contributed by atoms with Gasteiger partial charge in [-0.05, 0) is 32.0 Å². The van der Waals surface area contributed by atoms with Gasteiger partial charge in [0, 0.05) is 6.54 Å². The molecule has 0 saturated carbocycles. The van der Waals surface area contributed by atoms with Crippen LogP contribution in [0.5, 0.6) is 11.5 Å². The van der Waals surface area contributed by atoms with E-state index in [4.69, 9.17) is 9.47 Å². The lowest BCUT2D eigenvalue weighted by molar-refractivity contribution is -0.129. The number of ether oxygens (including phenoxy) is 3. The first-order valence-electron chi connectivity index (χ1n) is 7.39. The zero-order valence-corrected chi connectivity index (χ0v) is 14.2. The third-order valence-corrected chi connectivity index (χ3v) is 3.07. The van der Waals surface area contributed by atoms with Gasteiger partial charge < -0.3 is 24.8 Å². The van der Waals surface area contributed by atoms with Gasteiger partial charge in [0.15, 0.2) is 18.1 Å². The first kappa shape index (κ1) is 19.3. The molecule has 8 heteroatoms. The van der Waals surface area contributed by atoms with Gasteiger partial charge in [-0.1, -0.05) is 0 Å². The summed E-state index contributed by atoms with van der Waals surface area (Å²) in [6.45, 7) is 3.56. The molecule has 0 aliphatic rings. The van der Waals surface area contributed by atoms with E-state index in [2.05, 4.69) is 15.4 Å². The summed E-state index contributed by atoms with van der Waals surface area (Å²) in [4.78, 5) is 34.9. The van der Waals surface area contributed by atoms with Crippen molar-refractivity contribution < 1.29 is 28.6 Å². The Hall–Kier alpha value is -2.77. The van der Waals surface area contributed by atoms with E-state index >= 15 is 0 Å². The predicted octanol–water partition coefficient (Wildman–Crippen LogP) is 0.501. The Morgan fingerprint density at radius 3 is 2.46 bits per heavy atom. The number of hydrogen-bond donors (Lipinski definition) is 2. The lowest BCUT2D eigenvalue weighted by atomic mass is 10.2. The molecule has 8 nitrogen and oxygen atoms in total. The number of esters is 1. The van der Waals surface area contributed by atoms with Crippen LogP contribution >= 0.6 is 0 Å². The molecule has 2 amide bonds. The van der Waals surface area contributed by atoms with Crippen LogP contribution in [0.15, 0.2) is 18.2 Å². The van der Waals surface area contributed by atoms with E-state index in [1.165, 1.54) is 32.4 Å². The summed E-state index contributed by atoms with van der Waals surface area (Å²) in [7, 11) is 2.69. The number of carbonyl (C=O) groups excluding carboxylic acids is 3. The maximum atomic E-state index is 11.8. The third kappa shape index (κ3) is 5.45. The minimum Gasteiger partial charge on any atom is -0.493 e. The summed E-state index contributed by atoms with van der Waals surface area (Å²) in [6.07, 6.45) is 0. The van der Waals surface area contributed by atoms with Crippen molar-refractivity contribution in [1.82, 2.24) is 10.6 Å². The summed E-state index contributed by atoms with van der Waals surface area (Å²) in [5, 5.41) is 5.13. The van der Waals surface area contributed by atoms with Crippen molar-refractivity contribution in [2.45, 2.75) is 19.9 Å². The lowest BCUT2D eigenvalue weighted by Gasteiger charge is -2.15. The first-order chi connectivity index (χ1) is 11.4. The van der Waals surface area contributed by atoms with Gasteiger partial charge in [0.05, 0.1) is 19.8 Å². The molecule has 0 aromatic heterocycles. The number of nitrogens with one attached hydrogen (secondary N) is 2. The molecule has 0 aliphatic carbocycles. The van der Waals surface area contributed by atoms with Crippen LogP contribution in [0.4, 0.5) is 0 Å². The lowest BCUT2D eigenvalue weighted by Crippen LogP contribution is -2.46. The molecule has 1 aromatic rings. The number of carbonyl (C=O) groups is 3. The van der Waals surface area contributed by atoms with Gasteiger partial charge in [-0.25, -0.2) is 4.79 Å². The van der Waals surface area contributed by atoms with Crippen LogP contribution in [-0.2, 0) is 14.3 Å². The van der Waals surface area contributed by atoms with Crippen molar-refractivity contribution in [3.8, 4) is 11.5 Å². The number of amides is 2. The second kappa shape index (κ2) is 9.39. The summed E-state index contributed by atoms with van der Waals surface area (Å²) >= 11 is 0. The quantitative estimate of drug-likeness (QED) is 0.669. The number of hydrogen-bond acceptors (Lipinski definition) is 6. The zero-order chi connectivity index (χ0) is 18.1. The molecule has 0 saturated heterocycles.